The summed E-state index contributed by atoms with van der Waals surface area (Å²) in [5.41, 5.74) is 0.692. The lowest BCUT2D eigenvalue weighted by Gasteiger charge is -2.16. The Kier molecular flexibility index (Phi) is 9.37. The van der Waals surface area contributed by atoms with Gasteiger partial charge in [-0.2, -0.15) is 0 Å². The number of carbonyl (C=O) groups excluding carboxylic acids is 1. The summed E-state index contributed by atoms with van der Waals surface area (Å²) in [6, 6.07) is 3.49. The molecular weight excluding hydrogens is 344 g/mol. The Morgan fingerprint density at radius 3 is 2.19 bits per heavy atom. The van der Waals surface area contributed by atoms with Gasteiger partial charge in [0.1, 0.15) is 6.61 Å². The topological polar surface area (TPSA) is 109 Å². The van der Waals surface area contributed by atoms with Crippen LogP contribution >= 0.6 is 0 Å². The van der Waals surface area contributed by atoms with Crippen molar-refractivity contribution in [2.45, 2.75) is 20.8 Å². The second-order valence-corrected chi connectivity index (χ2v) is 4.83. The van der Waals surface area contributed by atoms with E-state index in [2.05, 4.69) is 10.2 Å². The first kappa shape index (κ1) is 21.1. The van der Waals surface area contributed by atoms with Crippen LogP contribution in [-0.2, 0) is 9.63 Å². The number of nitrogens with one attached hydrogen (secondary N) is 1. The Bertz CT molecular complexity index is 605. The Morgan fingerprint density at radius 2 is 1.69 bits per heavy atom. The molecule has 0 aliphatic rings. The van der Waals surface area contributed by atoms with Crippen LogP contribution in [0.4, 0.5) is 0 Å². The number of rotatable bonds is 12. The first-order valence-corrected chi connectivity index (χ1v) is 8.31. The van der Waals surface area contributed by atoms with Gasteiger partial charge in [-0.25, -0.2) is 0 Å². The fourth-order valence-corrected chi connectivity index (χ4v) is 2.03. The van der Waals surface area contributed by atoms with Gasteiger partial charge in [0.2, 0.25) is 11.7 Å². The summed E-state index contributed by atoms with van der Waals surface area (Å²) >= 11 is 0. The van der Waals surface area contributed by atoms with Crippen molar-refractivity contribution in [3.8, 4) is 17.2 Å². The summed E-state index contributed by atoms with van der Waals surface area (Å²) in [5.74, 6) is 1.18. The normalized spacial score (nSPS) is 10.4. The van der Waals surface area contributed by atoms with Crippen molar-refractivity contribution in [2.75, 3.05) is 33.0 Å². The maximum absolute atomic E-state index is 11.7. The summed E-state index contributed by atoms with van der Waals surface area (Å²) in [7, 11) is 0. The zero-order chi connectivity index (χ0) is 19.4. The average Bonchev–Trinajstić information content (AvgIpc) is 2.60. The highest BCUT2D eigenvalue weighted by molar-refractivity contribution is 5.91. The fourth-order valence-electron chi connectivity index (χ4n) is 2.03. The predicted octanol–water partition coefficient (Wildman–Crippen LogP) is 2.22. The van der Waals surface area contributed by atoms with Crippen molar-refractivity contribution < 1.29 is 28.9 Å². The number of hydrogen-bond acceptors (Lipinski definition) is 7. The molecule has 0 fully saturated rings. The van der Waals surface area contributed by atoms with E-state index in [9.17, 15) is 14.9 Å². The number of carbonyl (C=O) groups is 1. The summed E-state index contributed by atoms with van der Waals surface area (Å²) in [4.78, 5) is 25.9. The Morgan fingerprint density at radius 1 is 1.12 bits per heavy atom. The third-order valence-corrected chi connectivity index (χ3v) is 2.96. The average molecular weight is 368 g/mol. The first-order chi connectivity index (χ1) is 12.5. The zero-order valence-electron chi connectivity index (χ0n) is 15.1. The molecule has 144 valence electrons. The minimum Gasteiger partial charge on any atom is -0.490 e. The Balaban J connectivity index is 2.87. The Hall–Kier alpha value is -2.97. The molecule has 26 heavy (non-hydrogen) atoms. The molecular formula is C17H24N2O7. The van der Waals surface area contributed by atoms with Crippen molar-refractivity contribution in [1.82, 2.24) is 5.32 Å². The van der Waals surface area contributed by atoms with Gasteiger partial charge in [0.05, 0.1) is 19.8 Å². The van der Waals surface area contributed by atoms with Gasteiger partial charge in [-0.1, -0.05) is 0 Å². The van der Waals surface area contributed by atoms with Gasteiger partial charge in [-0.3, -0.25) is 4.79 Å². The van der Waals surface area contributed by atoms with Gasteiger partial charge in [0.15, 0.2) is 11.5 Å². The van der Waals surface area contributed by atoms with Crippen LogP contribution in [0.3, 0.4) is 0 Å². The maximum atomic E-state index is 11.7. The summed E-state index contributed by atoms with van der Waals surface area (Å²) in [5, 5.41) is 11.6. The number of benzene rings is 1. The molecule has 9 heteroatoms. The molecule has 9 nitrogen and oxygen atoms in total. The SMILES string of the molecule is CCOc1cc(C=CC(=O)NCCO[N+](=O)[O-])cc(OCC)c1OCC. The van der Waals surface area contributed by atoms with Crippen molar-refractivity contribution in [3.05, 3.63) is 33.9 Å². The molecule has 0 saturated carbocycles. The van der Waals surface area contributed by atoms with E-state index in [1.807, 2.05) is 20.8 Å². The smallest absolute Gasteiger partial charge is 0.294 e. The second-order valence-electron chi connectivity index (χ2n) is 4.83. The third-order valence-electron chi connectivity index (χ3n) is 2.96. The third kappa shape index (κ3) is 7.29. The van der Waals surface area contributed by atoms with Gasteiger partial charge in [0.25, 0.3) is 5.09 Å². The van der Waals surface area contributed by atoms with E-state index in [1.165, 1.54) is 6.08 Å². The van der Waals surface area contributed by atoms with Crippen LogP contribution in [0.15, 0.2) is 18.2 Å². The number of ether oxygens (including phenoxy) is 3. The molecule has 0 spiro atoms. The van der Waals surface area contributed by atoms with E-state index in [1.54, 1.807) is 18.2 Å². The van der Waals surface area contributed by atoms with E-state index in [0.717, 1.165) is 0 Å². The molecule has 0 heterocycles. The van der Waals surface area contributed by atoms with E-state index < -0.39 is 11.0 Å². The lowest BCUT2D eigenvalue weighted by molar-refractivity contribution is -0.757. The second kappa shape index (κ2) is 11.6. The van der Waals surface area contributed by atoms with Crippen LogP contribution in [0.5, 0.6) is 17.2 Å². The van der Waals surface area contributed by atoms with Gasteiger partial charge in [-0.05, 0) is 44.5 Å². The molecule has 1 aromatic carbocycles. The highest BCUT2D eigenvalue weighted by atomic mass is 16.9. The maximum Gasteiger partial charge on any atom is 0.294 e. The monoisotopic (exact) mass is 368 g/mol. The molecule has 0 aliphatic heterocycles. The number of nitrogens with zero attached hydrogens (tertiary/aromatic N) is 1. The van der Waals surface area contributed by atoms with Crippen molar-refractivity contribution in [3.63, 3.8) is 0 Å². The van der Waals surface area contributed by atoms with Crippen molar-refractivity contribution in [2.24, 2.45) is 0 Å². The molecule has 0 atom stereocenters. The quantitative estimate of drug-likeness (QED) is 0.261. The fraction of sp³-hybridized carbons (Fsp3) is 0.471. The van der Waals surface area contributed by atoms with Crippen LogP contribution in [0.1, 0.15) is 26.3 Å². The molecule has 0 bridgehead atoms. The molecule has 1 rings (SSSR count). The molecule has 1 aromatic rings. The predicted molar refractivity (Wildman–Crippen MR) is 94.9 cm³/mol. The van der Waals surface area contributed by atoms with Gasteiger partial charge < -0.3 is 24.4 Å². The lowest BCUT2D eigenvalue weighted by atomic mass is 10.1. The van der Waals surface area contributed by atoms with E-state index in [4.69, 9.17) is 14.2 Å². The highest BCUT2D eigenvalue weighted by Crippen LogP contribution is 2.39. The first-order valence-electron chi connectivity index (χ1n) is 8.31. The van der Waals surface area contributed by atoms with Crippen molar-refractivity contribution >= 4 is 12.0 Å². The Labute approximate surface area is 152 Å². The van der Waals surface area contributed by atoms with E-state index >= 15 is 0 Å². The lowest BCUT2D eigenvalue weighted by Crippen LogP contribution is -2.26. The van der Waals surface area contributed by atoms with Crippen LogP contribution in [0, 0.1) is 10.1 Å². The highest BCUT2D eigenvalue weighted by Gasteiger charge is 2.14. The van der Waals surface area contributed by atoms with Crippen LogP contribution in [0.25, 0.3) is 6.08 Å². The molecule has 1 amide bonds. The minimum atomic E-state index is -0.910. The van der Waals surface area contributed by atoms with Gasteiger partial charge in [0, 0.05) is 12.6 Å². The van der Waals surface area contributed by atoms with Gasteiger partial charge >= 0.3 is 0 Å². The number of hydrogen-bond donors (Lipinski definition) is 1. The molecule has 0 aromatic heterocycles. The molecule has 0 radical (unpaired) electrons. The van der Waals surface area contributed by atoms with E-state index in [-0.39, 0.29) is 13.2 Å². The van der Waals surface area contributed by atoms with Crippen molar-refractivity contribution in [1.29, 1.82) is 0 Å². The molecule has 1 N–H and O–H groups in total. The zero-order valence-corrected chi connectivity index (χ0v) is 15.1. The van der Waals surface area contributed by atoms with Crippen LogP contribution in [-0.4, -0.2) is 44.0 Å². The largest absolute Gasteiger partial charge is 0.490 e. The number of amides is 1. The summed E-state index contributed by atoms with van der Waals surface area (Å²) < 4.78 is 16.8. The van der Waals surface area contributed by atoms with Crippen LogP contribution in [0.2, 0.25) is 0 Å². The molecule has 0 unspecified atom stereocenters. The molecule has 0 aliphatic carbocycles. The summed E-state index contributed by atoms with van der Waals surface area (Å²) in [6.07, 6.45) is 2.90. The standard InChI is InChI=1S/C17H24N2O7/c1-4-23-14-11-13(12-15(24-5-2)17(14)25-6-3)7-8-16(20)18-9-10-26-19(21)22/h7-8,11-12H,4-6,9-10H2,1-3H3,(H,18,20). The minimum absolute atomic E-state index is 0.0296. The summed E-state index contributed by atoms with van der Waals surface area (Å²) in [6.45, 7) is 6.78. The van der Waals surface area contributed by atoms with Crippen LogP contribution < -0.4 is 19.5 Å². The van der Waals surface area contributed by atoms with Gasteiger partial charge in [-0.15, -0.1) is 10.1 Å². The van der Waals surface area contributed by atoms with E-state index in [0.29, 0.717) is 42.6 Å². The molecule has 0 saturated heterocycles.